The Balaban J connectivity index is 1.96. The van der Waals surface area contributed by atoms with Gasteiger partial charge in [-0.15, -0.1) is 11.3 Å². The fraction of sp³-hybridized carbons (Fsp3) is 0.292. The summed E-state index contributed by atoms with van der Waals surface area (Å²) in [5, 5.41) is 34.9. The highest BCUT2D eigenvalue weighted by molar-refractivity contribution is 7.10. The van der Waals surface area contributed by atoms with Crippen LogP contribution in [0.1, 0.15) is 68.5 Å². The van der Waals surface area contributed by atoms with Gasteiger partial charge in [-0.25, -0.2) is 0 Å². The number of pyridine rings is 1. The van der Waals surface area contributed by atoms with Gasteiger partial charge in [-0.2, -0.15) is 0 Å². The lowest BCUT2D eigenvalue weighted by atomic mass is 9.85. The molecule has 3 aromatic rings. The number of esters is 1. The largest absolute Gasteiger partial charge is 0.507 e. The van der Waals surface area contributed by atoms with Gasteiger partial charge in [0, 0.05) is 39.2 Å². The summed E-state index contributed by atoms with van der Waals surface area (Å²) in [6, 6.07) is 4.94. The number of methoxy groups -OCH3 is 1. The molecule has 0 aliphatic carbocycles. The van der Waals surface area contributed by atoms with E-state index in [-0.39, 0.29) is 41.2 Å². The Hall–Kier alpha value is -3.43. The number of rotatable bonds is 6. The zero-order valence-electron chi connectivity index (χ0n) is 18.3. The van der Waals surface area contributed by atoms with Gasteiger partial charge in [-0.1, -0.05) is 6.07 Å². The number of thiophene rings is 1. The maximum atomic E-state index is 12.4. The van der Waals surface area contributed by atoms with Crippen LogP contribution in [0.2, 0.25) is 0 Å². The second-order valence-electron chi connectivity index (χ2n) is 7.85. The summed E-state index contributed by atoms with van der Waals surface area (Å²) in [5.74, 6) is -2.50. The van der Waals surface area contributed by atoms with E-state index in [9.17, 15) is 24.9 Å². The van der Waals surface area contributed by atoms with Crippen molar-refractivity contribution in [1.29, 1.82) is 0 Å². The Bertz CT molecular complexity index is 1240. The lowest BCUT2D eigenvalue weighted by Gasteiger charge is -2.23. The molecule has 2 aromatic heterocycles. The van der Waals surface area contributed by atoms with Crippen molar-refractivity contribution in [3.05, 3.63) is 68.2 Å². The number of ether oxygens (including phenoxy) is 2. The normalized spacial score (nSPS) is 15.8. The molecule has 0 saturated carbocycles. The number of carbonyl (C=O) groups is 2. The molecule has 33 heavy (non-hydrogen) atoms. The number of benzene rings is 1. The van der Waals surface area contributed by atoms with Crippen molar-refractivity contribution in [2.45, 2.75) is 38.9 Å². The smallest absolute Gasteiger partial charge is 0.306 e. The summed E-state index contributed by atoms with van der Waals surface area (Å²) >= 11 is 1.35. The second-order valence-corrected chi connectivity index (χ2v) is 8.83. The average molecular weight is 470 g/mol. The maximum Gasteiger partial charge on any atom is 0.306 e. The Labute approximate surface area is 194 Å². The van der Waals surface area contributed by atoms with Crippen LogP contribution in [0, 0.1) is 6.92 Å². The molecule has 0 spiro atoms. The van der Waals surface area contributed by atoms with E-state index < -0.39 is 29.5 Å². The van der Waals surface area contributed by atoms with E-state index in [0.717, 1.165) is 0 Å². The molecule has 0 amide bonds. The predicted molar refractivity (Wildman–Crippen MR) is 120 cm³/mol. The van der Waals surface area contributed by atoms with Crippen LogP contribution in [-0.4, -0.2) is 39.2 Å². The Kier molecular flexibility index (Phi) is 6.09. The zero-order chi connectivity index (χ0) is 23.9. The molecule has 0 saturated heterocycles. The van der Waals surface area contributed by atoms with E-state index in [1.54, 1.807) is 25.3 Å². The van der Waals surface area contributed by atoms with Gasteiger partial charge in [-0.3, -0.25) is 14.6 Å². The molecule has 0 unspecified atom stereocenters. The highest BCUT2D eigenvalue weighted by Crippen LogP contribution is 2.50. The lowest BCUT2D eigenvalue weighted by Crippen LogP contribution is -2.13. The van der Waals surface area contributed by atoms with Crippen LogP contribution in [0.4, 0.5) is 0 Å². The number of nitrogens with zero attached hydrogens (tertiary/aromatic N) is 1. The second kappa shape index (κ2) is 8.84. The minimum Gasteiger partial charge on any atom is -0.507 e. The Morgan fingerprint density at radius 1 is 1.27 bits per heavy atom. The number of phenols is 2. The molecule has 1 aliphatic heterocycles. The number of hydrogen-bond donors (Lipinski definition) is 3. The summed E-state index contributed by atoms with van der Waals surface area (Å²) in [7, 11) is 1.26. The van der Waals surface area contributed by atoms with Crippen molar-refractivity contribution < 1.29 is 34.4 Å². The minimum atomic E-state index is -0.888. The fourth-order valence-electron chi connectivity index (χ4n) is 4.15. The molecule has 1 aromatic carbocycles. The van der Waals surface area contributed by atoms with Gasteiger partial charge in [0.15, 0.2) is 5.78 Å². The molecule has 9 heteroatoms. The summed E-state index contributed by atoms with van der Waals surface area (Å²) < 4.78 is 10.7. The first kappa shape index (κ1) is 22.8. The number of ketones is 1. The summed E-state index contributed by atoms with van der Waals surface area (Å²) in [5.41, 5.74) is 1.73. The van der Waals surface area contributed by atoms with Gasteiger partial charge < -0.3 is 24.8 Å². The number of Topliss-reactive ketones (excluding diaryl/α,β-unsaturated/α-hetero) is 1. The predicted octanol–water partition coefficient (Wildman–Crippen LogP) is 4.09. The topological polar surface area (TPSA) is 126 Å². The lowest BCUT2D eigenvalue weighted by molar-refractivity contribution is -0.140. The first-order valence-corrected chi connectivity index (χ1v) is 11.1. The first-order chi connectivity index (χ1) is 15.7. The number of aromatic nitrogens is 1. The highest BCUT2D eigenvalue weighted by Gasteiger charge is 2.36. The number of hydrogen-bond acceptors (Lipinski definition) is 9. The van der Waals surface area contributed by atoms with Gasteiger partial charge in [0.25, 0.3) is 0 Å². The van der Waals surface area contributed by atoms with Crippen molar-refractivity contribution in [2.24, 2.45) is 0 Å². The third-order valence-corrected chi connectivity index (χ3v) is 6.85. The third kappa shape index (κ3) is 3.94. The Morgan fingerprint density at radius 3 is 2.67 bits per heavy atom. The van der Waals surface area contributed by atoms with Gasteiger partial charge in [0.2, 0.25) is 0 Å². The quantitative estimate of drug-likeness (QED) is 0.364. The number of aryl methyl sites for hydroxylation is 1. The summed E-state index contributed by atoms with van der Waals surface area (Å²) in [4.78, 5) is 29.5. The van der Waals surface area contributed by atoms with Crippen molar-refractivity contribution in [3.63, 3.8) is 0 Å². The molecule has 0 bridgehead atoms. The summed E-state index contributed by atoms with van der Waals surface area (Å²) in [6.45, 7) is 3.11. The van der Waals surface area contributed by atoms with Crippen LogP contribution in [0.15, 0.2) is 29.8 Å². The van der Waals surface area contributed by atoms with E-state index in [0.29, 0.717) is 21.7 Å². The number of fused-ring (bicyclic) bond motifs is 1. The first-order valence-electron chi connectivity index (χ1n) is 10.2. The van der Waals surface area contributed by atoms with Gasteiger partial charge in [-0.05, 0) is 31.4 Å². The minimum absolute atomic E-state index is 0.0217. The van der Waals surface area contributed by atoms with E-state index in [4.69, 9.17) is 9.47 Å². The van der Waals surface area contributed by atoms with Crippen LogP contribution in [-0.2, 0) is 20.9 Å². The highest BCUT2D eigenvalue weighted by atomic mass is 32.1. The van der Waals surface area contributed by atoms with Gasteiger partial charge >= 0.3 is 5.97 Å². The Morgan fingerprint density at radius 2 is 2.03 bits per heavy atom. The number of carbonyl (C=O) groups excluding carboxylic acids is 2. The third-order valence-electron chi connectivity index (χ3n) is 5.86. The van der Waals surface area contributed by atoms with Gasteiger partial charge in [0.05, 0.1) is 31.4 Å². The van der Waals surface area contributed by atoms with E-state index in [1.165, 1.54) is 31.4 Å². The average Bonchev–Trinajstić information content (AvgIpc) is 3.46. The van der Waals surface area contributed by atoms with E-state index in [2.05, 4.69) is 4.98 Å². The molecule has 3 N–H and O–H groups in total. The molecule has 3 heterocycles. The number of aromatic hydroxyl groups is 3. The molecule has 172 valence electrons. The van der Waals surface area contributed by atoms with Crippen LogP contribution in [0.3, 0.4) is 0 Å². The molecule has 0 radical (unpaired) electrons. The molecule has 2 atom stereocenters. The maximum absolute atomic E-state index is 12.4. The van der Waals surface area contributed by atoms with Gasteiger partial charge in [0.1, 0.15) is 23.4 Å². The van der Waals surface area contributed by atoms with E-state index >= 15 is 0 Å². The van der Waals surface area contributed by atoms with Crippen molar-refractivity contribution in [1.82, 2.24) is 4.98 Å². The SMILES string of the molecule is COC(=O)C[C@@H](c1cccs1)c1c(O)c(C(C)=O)cc([C@@H]2OCc3cnc(C)c(O)c32)c1O. The van der Waals surface area contributed by atoms with E-state index in [1.807, 2.05) is 5.38 Å². The molecule has 1 aliphatic rings. The van der Waals surface area contributed by atoms with Crippen LogP contribution < -0.4 is 0 Å². The van der Waals surface area contributed by atoms with Crippen LogP contribution in [0.5, 0.6) is 17.2 Å². The van der Waals surface area contributed by atoms with Crippen LogP contribution in [0.25, 0.3) is 0 Å². The number of phenolic OH excluding ortho intramolecular Hbond substituents is 2. The van der Waals surface area contributed by atoms with Crippen molar-refractivity contribution in [3.8, 4) is 17.2 Å². The zero-order valence-corrected chi connectivity index (χ0v) is 19.1. The molecular formula is C24H23NO7S. The molecule has 4 rings (SSSR count). The van der Waals surface area contributed by atoms with Crippen molar-refractivity contribution in [2.75, 3.05) is 7.11 Å². The van der Waals surface area contributed by atoms with Crippen molar-refractivity contribution >= 4 is 23.1 Å². The monoisotopic (exact) mass is 469 g/mol. The standard InChI is InChI=1S/C24H23NO7S/c1-11-21(28)19-13(9-25-11)10-32-24(19)16-7-14(12(2)26)22(29)20(23(16)30)15(8-18(27)31-3)17-5-4-6-33-17/h4-7,9,15,24,28-30H,8,10H2,1-3H3/t15-,24-/m0/s1. The fourth-order valence-corrected chi connectivity index (χ4v) is 4.99. The molecular weight excluding hydrogens is 446 g/mol. The molecule has 8 nitrogen and oxygen atoms in total. The molecule has 0 fully saturated rings. The summed E-state index contributed by atoms with van der Waals surface area (Å²) in [6.07, 6.45) is 0.552. The van der Waals surface area contributed by atoms with Crippen LogP contribution >= 0.6 is 11.3 Å².